The molecule has 10 rings (SSSR count). The van der Waals surface area contributed by atoms with E-state index >= 15 is 0 Å². The smallest absolute Gasteiger partial charge is 0.369 e. The largest absolute Gasteiger partial charge is 0.445 e. The number of imidazole rings is 2. The Bertz CT molecular complexity index is 3820. The summed E-state index contributed by atoms with van der Waals surface area (Å²) in [6, 6.07) is 25.8. The molecule has 0 saturated heterocycles. The van der Waals surface area contributed by atoms with Gasteiger partial charge in [-0.2, -0.15) is 4.58 Å². The maximum absolute atomic E-state index is 13.1. The Morgan fingerprint density at radius 3 is 1.88 bits per heavy atom. The van der Waals surface area contributed by atoms with E-state index in [1.807, 2.05) is 109 Å². The first-order chi connectivity index (χ1) is 37.4. The number of hydrogen-bond donors (Lipinski definition) is 4. The molecular weight excluding hydrogens is 1020 g/mol. The van der Waals surface area contributed by atoms with Crippen LogP contribution in [0.2, 0.25) is 0 Å². The summed E-state index contributed by atoms with van der Waals surface area (Å²) in [6.45, 7) is 28.8. The Morgan fingerprint density at radius 1 is 0.667 bits per heavy atom. The van der Waals surface area contributed by atoms with Gasteiger partial charge in [0.15, 0.2) is 21.5 Å². The molecule has 8 heterocycles. The predicted octanol–water partition coefficient (Wildman–Crippen LogP) is 11.4. The van der Waals surface area contributed by atoms with E-state index in [2.05, 4.69) is 100 Å². The Balaban J connectivity index is 0.666. The molecule has 0 atom stereocenters. The molecule has 0 aliphatic carbocycles. The van der Waals surface area contributed by atoms with Gasteiger partial charge in [-0.15, -0.1) is 0 Å². The van der Waals surface area contributed by atoms with E-state index in [4.69, 9.17) is 29.0 Å². The zero-order chi connectivity index (χ0) is 54.9. The lowest BCUT2D eigenvalue weighted by Crippen LogP contribution is -2.31. The third-order valence-electron chi connectivity index (χ3n) is 13.8. The maximum Gasteiger partial charge on any atom is 0.445 e. The molecular formula is C56H64N16O4S2+2. The second kappa shape index (κ2) is 22.0. The molecule has 8 aromatic heterocycles. The fourth-order valence-electron chi connectivity index (χ4n) is 8.73. The van der Waals surface area contributed by atoms with Crippen LogP contribution in [0.3, 0.4) is 0 Å². The average Bonchev–Trinajstić information content (AvgIpc) is 4.36. The van der Waals surface area contributed by atoms with Crippen LogP contribution in [0, 0.1) is 0 Å². The number of nitrogens with zero attached hydrogens (tertiary/aromatic N) is 12. The molecule has 0 aliphatic rings. The van der Waals surface area contributed by atoms with Gasteiger partial charge in [0.1, 0.15) is 28.5 Å². The molecule has 0 radical (unpaired) electrons. The molecule has 20 nitrogen and oxygen atoms in total. The number of nitrogens with one attached hydrogen (secondary N) is 4. The van der Waals surface area contributed by atoms with Gasteiger partial charge < -0.3 is 25.0 Å². The van der Waals surface area contributed by atoms with E-state index in [0.29, 0.717) is 41.1 Å². The number of aromatic nitrogens is 8. The van der Waals surface area contributed by atoms with Gasteiger partial charge in [0, 0.05) is 78.5 Å². The molecule has 4 amide bonds. The third-order valence-corrected chi connectivity index (χ3v) is 15.7. The summed E-state index contributed by atoms with van der Waals surface area (Å²) in [6.07, 6.45) is 4.80. The minimum atomic E-state index is -0.439. The van der Waals surface area contributed by atoms with Crippen molar-refractivity contribution in [2.24, 2.45) is 0 Å². The van der Waals surface area contributed by atoms with Crippen LogP contribution in [0.15, 0.2) is 106 Å². The molecule has 0 bridgehead atoms. The SMILES string of the molecule is C=[N+](CCN(C)CCC(C)(C)c1cc(NC(=O)Nc2ccc(-c3cn4c(n3)sc3nc(NCCN(CC)CC)ccc34)cc2)no1)c1ccc2c(n1)sc1nc(-c3ccc(NC(=O)[N+](=C)c4cc(C(C)(C)C)on4)cc3)cn12. The summed E-state index contributed by atoms with van der Waals surface area (Å²) in [7, 11) is 2.08. The summed E-state index contributed by atoms with van der Waals surface area (Å²) in [4.78, 5) is 53.7. The van der Waals surface area contributed by atoms with Crippen LogP contribution in [0.4, 0.5) is 44.2 Å². The van der Waals surface area contributed by atoms with Crippen molar-refractivity contribution in [2.45, 2.75) is 65.7 Å². The molecule has 0 aliphatic heterocycles. The van der Waals surface area contributed by atoms with Crippen LogP contribution in [-0.2, 0) is 10.8 Å². The molecule has 4 N–H and O–H groups in total. The molecule has 0 saturated carbocycles. The Morgan fingerprint density at radius 2 is 1.27 bits per heavy atom. The maximum atomic E-state index is 13.1. The number of carbonyl (C=O) groups is 2. The summed E-state index contributed by atoms with van der Waals surface area (Å²) in [5, 5.41) is 20.2. The van der Waals surface area contributed by atoms with Crippen LogP contribution in [0.1, 0.15) is 66.4 Å². The minimum Gasteiger partial charge on any atom is -0.369 e. The minimum absolute atomic E-state index is 0.247. The van der Waals surface area contributed by atoms with E-state index in [9.17, 15) is 9.59 Å². The van der Waals surface area contributed by atoms with Crippen LogP contribution < -0.4 is 21.3 Å². The number of anilines is 4. The van der Waals surface area contributed by atoms with Crippen LogP contribution in [0.5, 0.6) is 0 Å². The van der Waals surface area contributed by atoms with Crippen molar-refractivity contribution < 1.29 is 27.8 Å². The summed E-state index contributed by atoms with van der Waals surface area (Å²) < 4.78 is 18.4. The molecule has 2 aromatic carbocycles. The first kappa shape index (κ1) is 53.2. The first-order valence-corrected chi connectivity index (χ1v) is 27.5. The molecule has 22 heteroatoms. The van der Waals surface area contributed by atoms with Crippen molar-refractivity contribution in [2.75, 3.05) is 74.1 Å². The van der Waals surface area contributed by atoms with Crippen molar-refractivity contribution in [3.05, 3.63) is 109 Å². The van der Waals surface area contributed by atoms with Gasteiger partial charge in [-0.05, 0) is 104 Å². The van der Waals surface area contributed by atoms with Crippen LogP contribution >= 0.6 is 22.7 Å². The standard InChI is InChI=1S/C56H62N16O4S2/c1-11-70(12-2)28-26-57-45-23-21-41-49(62-45)77-53-60-39(33-71(41)53)35-13-17-37(18-14-35)58-51(73)63-46-31-44(76-65-46)56(6,7)25-27-67(8)29-30-68(9)47-24-22-42-50(64-47)78-54-61-40(34-72(42)54)36-15-19-38(20-16-36)59-52(74)69(10)48-32-43(75-66-48)55(3,4)5/h13-24,31-34H,9-12,25-30H2,1-8H3,(H2-2,57,58,59,62,63,65,73,74)/p+2. The van der Waals surface area contributed by atoms with E-state index in [1.54, 1.807) is 23.5 Å². The van der Waals surface area contributed by atoms with E-state index in [0.717, 1.165) is 110 Å². The number of likely N-dealkylation sites (N-methyl/N-ethyl adjacent to an activating group) is 2. The number of thiazole rings is 2. The molecule has 10 aromatic rings. The van der Waals surface area contributed by atoms with Crippen molar-refractivity contribution in [1.29, 1.82) is 0 Å². The molecule has 0 fully saturated rings. The fraction of sp³-hybridized carbons (Fsp3) is 0.321. The third kappa shape index (κ3) is 11.7. The Labute approximate surface area is 459 Å². The highest BCUT2D eigenvalue weighted by molar-refractivity contribution is 7.23. The monoisotopic (exact) mass is 1090 g/mol. The van der Waals surface area contributed by atoms with Crippen molar-refractivity contribution >= 4 is 113 Å². The number of urea groups is 2. The highest BCUT2D eigenvalue weighted by Crippen LogP contribution is 2.34. The predicted molar refractivity (Wildman–Crippen MR) is 311 cm³/mol. The van der Waals surface area contributed by atoms with Gasteiger partial charge in [-0.1, -0.05) is 77.1 Å². The Kier molecular flexibility index (Phi) is 15.0. The number of hydrogen-bond acceptors (Lipinski definition) is 15. The second-order valence-electron chi connectivity index (χ2n) is 20.9. The molecule has 0 unspecified atom stereocenters. The molecule has 0 spiro atoms. The van der Waals surface area contributed by atoms with Gasteiger partial charge in [-0.25, -0.2) is 34.4 Å². The van der Waals surface area contributed by atoms with E-state index in [-0.39, 0.29) is 10.8 Å². The van der Waals surface area contributed by atoms with E-state index < -0.39 is 12.1 Å². The van der Waals surface area contributed by atoms with E-state index in [1.165, 1.54) is 15.9 Å². The molecule has 78 heavy (non-hydrogen) atoms. The highest BCUT2D eigenvalue weighted by atomic mass is 32.1. The lowest BCUT2D eigenvalue weighted by molar-refractivity contribution is -0.435. The normalized spacial score (nSPS) is 12.2. The van der Waals surface area contributed by atoms with Crippen LogP contribution in [-0.4, -0.2) is 136 Å². The van der Waals surface area contributed by atoms with Crippen molar-refractivity contribution in [3.8, 4) is 22.5 Å². The number of rotatable bonds is 20. The van der Waals surface area contributed by atoms with Gasteiger partial charge in [0.25, 0.3) is 4.83 Å². The Hall–Kier alpha value is -8.18. The average molecular weight is 1090 g/mol. The van der Waals surface area contributed by atoms with Gasteiger partial charge in [0.05, 0.1) is 40.5 Å². The number of fused-ring (bicyclic) bond motifs is 6. The summed E-state index contributed by atoms with van der Waals surface area (Å²) in [5.74, 6) is 3.62. The van der Waals surface area contributed by atoms with Crippen molar-refractivity contribution in [3.63, 3.8) is 0 Å². The zero-order valence-corrected chi connectivity index (χ0v) is 46.8. The van der Waals surface area contributed by atoms with Gasteiger partial charge >= 0.3 is 23.7 Å². The topological polar surface area (TPSA) is 207 Å². The number of carbonyl (C=O) groups excluding carboxylic acids is 2. The zero-order valence-electron chi connectivity index (χ0n) is 45.1. The second-order valence-corrected chi connectivity index (χ2v) is 22.8. The van der Waals surface area contributed by atoms with Crippen molar-refractivity contribution in [1.82, 2.24) is 48.9 Å². The number of amides is 4. The number of pyridine rings is 2. The fourth-order valence-corrected chi connectivity index (χ4v) is 10.7. The summed E-state index contributed by atoms with van der Waals surface area (Å²) in [5.41, 5.74) is 6.06. The number of benzene rings is 2. The lowest BCUT2D eigenvalue weighted by atomic mass is 9.86. The summed E-state index contributed by atoms with van der Waals surface area (Å²) >= 11 is 3.07. The quantitative estimate of drug-likeness (QED) is 0.0414. The highest BCUT2D eigenvalue weighted by Gasteiger charge is 2.29. The first-order valence-electron chi connectivity index (χ1n) is 25.9. The van der Waals surface area contributed by atoms with Gasteiger partial charge in [0.2, 0.25) is 0 Å². The molecule has 402 valence electrons. The van der Waals surface area contributed by atoms with Crippen LogP contribution in [0.25, 0.3) is 53.1 Å². The van der Waals surface area contributed by atoms with Gasteiger partial charge in [-0.3, -0.25) is 18.6 Å². The lowest BCUT2D eigenvalue weighted by Gasteiger charge is -2.24.